The lowest BCUT2D eigenvalue weighted by Crippen LogP contribution is -2.17. The Bertz CT molecular complexity index is 1050. The van der Waals surface area contributed by atoms with E-state index in [4.69, 9.17) is 11.6 Å². The molecule has 0 radical (unpaired) electrons. The van der Waals surface area contributed by atoms with E-state index >= 15 is 0 Å². The lowest BCUT2D eigenvalue weighted by molar-refractivity contribution is -0.384. The van der Waals surface area contributed by atoms with Gasteiger partial charge in [0.15, 0.2) is 0 Å². The van der Waals surface area contributed by atoms with E-state index in [1.54, 1.807) is 12.1 Å². The highest BCUT2D eigenvalue weighted by Gasteiger charge is 2.09. The molecule has 8 heteroatoms. The summed E-state index contributed by atoms with van der Waals surface area (Å²) in [6.45, 7) is 4.03. The second kappa shape index (κ2) is 8.06. The Balaban J connectivity index is 1.71. The van der Waals surface area contributed by atoms with Gasteiger partial charge in [0.25, 0.3) is 11.6 Å². The molecule has 0 aliphatic rings. The number of non-ortho nitro benzene ring substituents is 1. The van der Waals surface area contributed by atoms with Gasteiger partial charge in [-0.25, -0.2) is 5.43 Å². The molecule has 3 rings (SSSR count). The number of aromatic nitrogens is 1. The summed E-state index contributed by atoms with van der Waals surface area (Å²) >= 11 is 6.00. The highest BCUT2D eigenvalue weighted by molar-refractivity contribution is 6.33. The van der Waals surface area contributed by atoms with Crippen LogP contribution in [0.1, 0.15) is 27.3 Å². The number of nitro groups is 1. The minimum Gasteiger partial charge on any atom is -0.319 e. The van der Waals surface area contributed by atoms with Crippen molar-refractivity contribution in [1.29, 1.82) is 0 Å². The monoisotopic (exact) mass is 396 g/mol. The summed E-state index contributed by atoms with van der Waals surface area (Å²) in [6.07, 6.45) is 1.27. The third-order valence-corrected chi connectivity index (χ3v) is 4.56. The molecule has 0 spiro atoms. The third-order valence-electron chi connectivity index (χ3n) is 4.22. The average Bonchev–Trinajstić information content (AvgIpc) is 3.01. The Morgan fingerprint density at radius 2 is 1.75 bits per heavy atom. The highest BCUT2D eigenvalue weighted by atomic mass is 35.5. The zero-order chi connectivity index (χ0) is 20.3. The number of aryl methyl sites for hydroxylation is 2. The van der Waals surface area contributed by atoms with Gasteiger partial charge in [-0.2, -0.15) is 5.10 Å². The van der Waals surface area contributed by atoms with E-state index in [9.17, 15) is 14.9 Å². The van der Waals surface area contributed by atoms with E-state index in [0.29, 0.717) is 16.1 Å². The molecular formula is C20H17ClN4O3. The molecule has 7 nitrogen and oxygen atoms in total. The van der Waals surface area contributed by atoms with Crippen molar-refractivity contribution >= 4 is 29.4 Å². The molecule has 1 heterocycles. The van der Waals surface area contributed by atoms with Gasteiger partial charge in [-0.1, -0.05) is 11.6 Å². The quantitative estimate of drug-likeness (QED) is 0.393. The van der Waals surface area contributed by atoms with E-state index in [0.717, 1.165) is 17.1 Å². The van der Waals surface area contributed by atoms with Crippen LogP contribution in [0, 0.1) is 24.0 Å². The number of benzene rings is 2. The summed E-state index contributed by atoms with van der Waals surface area (Å²) in [4.78, 5) is 22.6. The van der Waals surface area contributed by atoms with Crippen LogP contribution in [0.15, 0.2) is 59.7 Å². The van der Waals surface area contributed by atoms with Crippen LogP contribution in [0.25, 0.3) is 5.69 Å². The Kier molecular flexibility index (Phi) is 5.56. The second-order valence-corrected chi connectivity index (χ2v) is 6.57. The fourth-order valence-electron chi connectivity index (χ4n) is 2.81. The lowest BCUT2D eigenvalue weighted by Gasteiger charge is -2.10. The van der Waals surface area contributed by atoms with Crippen molar-refractivity contribution in [1.82, 2.24) is 9.99 Å². The standard InChI is InChI=1S/C20H17ClN4O3/c1-13-3-4-14(2)24(13)17-7-5-15(6-8-17)20(26)23-22-12-16-11-18(25(27)28)9-10-19(16)21/h3-12H,1-2H3,(H,23,26)/b22-12-. The molecule has 1 amide bonds. The summed E-state index contributed by atoms with van der Waals surface area (Å²) in [7, 11) is 0. The number of carbonyl (C=O) groups excluding carboxylic acids is 1. The molecule has 0 saturated heterocycles. The number of nitrogens with one attached hydrogen (secondary N) is 1. The van der Waals surface area contributed by atoms with Crippen LogP contribution in [0.5, 0.6) is 0 Å². The van der Waals surface area contributed by atoms with Gasteiger partial charge in [0.05, 0.1) is 11.1 Å². The summed E-state index contributed by atoms with van der Waals surface area (Å²) in [6, 6.07) is 15.2. The smallest absolute Gasteiger partial charge is 0.271 e. The first-order valence-corrected chi connectivity index (χ1v) is 8.77. The van der Waals surface area contributed by atoms with Gasteiger partial charge < -0.3 is 4.57 Å². The van der Waals surface area contributed by atoms with Crippen LogP contribution < -0.4 is 5.43 Å². The van der Waals surface area contributed by atoms with Crippen LogP contribution in [0.2, 0.25) is 5.02 Å². The Morgan fingerprint density at radius 1 is 1.11 bits per heavy atom. The van der Waals surface area contributed by atoms with Gasteiger partial charge in [0, 0.05) is 45.4 Å². The number of hydrogen-bond donors (Lipinski definition) is 1. The molecule has 2 aromatic carbocycles. The molecule has 0 aliphatic carbocycles. The maximum Gasteiger partial charge on any atom is 0.271 e. The number of nitrogens with zero attached hydrogens (tertiary/aromatic N) is 3. The molecule has 1 N–H and O–H groups in total. The van der Waals surface area contributed by atoms with Crippen molar-refractivity contribution in [3.8, 4) is 5.69 Å². The third kappa shape index (κ3) is 4.10. The van der Waals surface area contributed by atoms with Crippen LogP contribution >= 0.6 is 11.6 Å². The SMILES string of the molecule is Cc1ccc(C)n1-c1ccc(C(=O)N/N=C\c2cc([N+](=O)[O-])ccc2Cl)cc1. The molecule has 28 heavy (non-hydrogen) atoms. The van der Waals surface area contributed by atoms with Crippen molar-refractivity contribution < 1.29 is 9.72 Å². The van der Waals surface area contributed by atoms with Crippen LogP contribution in [0.3, 0.4) is 0 Å². The van der Waals surface area contributed by atoms with Gasteiger partial charge in [-0.05, 0) is 56.3 Å². The molecule has 0 saturated carbocycles. The van der Waals surface area contributed by atoms with Gasteiger partial charge in [-0.15, -0.1) is 0 Å². The molecule has 142 valence electrons. The normalized spacial score (nSPS) is 11.0. The predicted molar refractivity (Wildman–Crippen MR) is 108 cm³/mol. The Morgan fingerprint density at radius 3 is 2.36 bits per heavy atom. The van der Waals surface area contributed by atoms with Gasteiger partial charge in [0.2, 0.25) is 0 Å². The largest absolute Gasteiger partial charge is 0.319 e. The van der Waals surface area contributed by atoms with Crippen LogP contribution in [-0.4, -0.2) is 21.6 Å². The summed E-state index contributed by atoms with van der Waals surface area (Å²) in [5.74, 6) is -0.398. The molecule has 0 unspecified atom stereocenters. The van der Waals surface area contributed by atoms with Crippen LogP contribution in [0.4, 0.5) is 5.69 Å². The zero-order valence-electron chi connectivity index (χ0n) is 15.2. The molecule has 0 aliphatic heterocycles. The average molecular weight is 397 g/mol. The first-order valence-electron chi connectivity index (χ1n) is 8.39. The van der Waals surface area contributed by atoms with Gasteiger partial charge in [0.1, 0.15) is 0 Å². The van der Waals surface area contributed by atoms with Crippen molar-refractivity contribution in [2.75, 3.05) is 0 Å². The summed E-state index contributed by atoms with van der Waals surface area (Å²) < 4.78 is 2.09. The molecule has 0 fully saturated rings. The van der Waals surface area contributed by atoms with Gasteiger partial charge in [-0.3, -0.25) is 14.9 Å². The van der Waals surface area contributed by atoms with Crippen molar-refractivity contribution in [3.05, 3.63) is 92.2 Å². The van der Waals surface area contributed by atoms with E-state index in [1.807, 2.05) is 38.1 Å². The molecule has 0 bridgehead atoms. The molecule has 3 aromatic rings. The van der Waals surface area contributed by atoms with E-state index in [2.05, 4.69) is 15.1 Å². The number of amides is 1. The summed E-state index contributed by atoms with van der Waals surface area (Å²) in [5, 5.41) is 15.0. The lowest BCUT2D eigenvalue weighted by atomic mass is 10.2. The first kappa shape index (κ1) is 19.3. The van der Waals surface area contributed by atoms with E-state index in [-0.39, 0.29) is 5.69 Å². The van der Waals surface area contributed by atoms with E-state index in [1.165, 1.54) is 24.4 Å². The predicted octanol–water partition coefficient (Wildman–Crippen LogP) is 4.42. The number of hydrazone groups is 1. The van der Waals surface area contributed by atoms with Crippen molar-refractivity contribution in [2.45, 2.75) is 13.8 Å². The topological polar surface area (TPSA) is 89.5 Å². The van der Waals surface area contributed by atoms with Crippen LogP contribution in [-0.2, 0) is 0 Å². The minimum atomic E-state index is -0.526. The maximum atomic E-state index is 12.3. The number of carbonyl (C=O) groups is 1. The summed E-state index contributed by atoms with van der Waals surface area (Å²) in [5.41, 5.74) is 6.24. The van der Waals surface area contributed by atoms with E-state index < -0.39 is 10.8 Å². The molecule has 0 atom stereocenters. The first-order chi connectivity index (χ1) is 13.4. The molecular weight excluding hydrogens is 380 g/mol. The fourth-order valence-corrected chi connectivity index (χ4v) is 2.97. The Labute approximate surface area is 166 Å². The fraction of sp³-hybridized carbons (Fsp3) is 0.100. The Hall–Kier alpha value is -3.45. The second-order valence-electron chi connectivity index (χ2n) is 6.16. The number of nitro benzene ring substituents is 1. The van der Waals surface area contributed by atoms with Crippen molar-refractivity contribution in [3.63, 3.8) is 0 Å². The molecule has 1 aromatic heterocycles. The zero-order valence-corrected chi connectivity index (χ0v) is 16.0. The van der Waals surface area contributed by atoms with Gasteiger partial charge >= 0.3 is 0 Å². The number of halogens is 1. The van der Waals surface area contributed by atoms with Crippen molar-refractivity contribution in [2.24, 2.45) is 5.10 Å². The number of hydrogen-bond acceptors (Lipinski definition) is 4. The number of rotatable bonds is 5. The highest BCUT2D eigenvalue weighted by Crippen LogP contribution is 2.20. The maximum absolute atomic E-state index is 12.3. The minimum absolute atomic E-state index is 0.108.